The third-order valence-corrected chi connectivity index (χ3v) is 3.53. The van der Waals surface area contributed by atoms with Gasteiger partial charge in [-0.15, -0.1) is 0 Å². The van der Waals surface area contributed by atoms with E-state index in [4.69, 9.17) is 9.47 Å². The highest BCUT2D eigenvalue weighted by atomic mass is 16.5. The molecule has 1 N–H and O–H groups in total. The first-order valence-electron chi connectivity index (χ1n) is 7.22. The number of hydrogen-bond donors (Lipinski definition) is 1. The molecule has 0 bridgehead atoms. The average Bonchev–Trinajstić information content (AvgIpc) is 3.08. The standard InChI is InChI=1S/C14H25N3O2/c1-18-9-10-19-8-3-2-7-17-12-15-11-14(17)13-5-4-6-16-13/h11-13,16H,2-10H2,1H3/t13-/m0/s1. The number of methoxy groups -OCH3 is 1. The molecule has 0 aromatic carbocycles. The highest BCUT2D eigenvalue weighted by Gasteiger charge is 2.19. The van der Waals surface area contributed by atoms with Crippen LogP contribution in [0, 0.1) is 0 Å². The summed E-state index contributed by atoms with van der Waals surface area (Å²) in [5.41, 5.74) is 1.33. The minimum absolute atomic E-state index is 0.500. The van der Waals surface area contributed by atoms with Crippen molar-refractivity contribution in [3.05, 3.63) is 18.2 Å². The Labute approximate surface area is 115 Å². The Bertz CT molecular complexity index is 348. The van der Waals surface area contributed by atoms with Gasteiger partial charge in [-0.3, -0.25) is 0 Å². The SMILES string of the molecule is COCCOCCCCn1cncc1[C@@H]1CCCN1. The van der Waals surface area contributed by atoms with Crippen LogP contribution in [-0.2, 0) is 16.0 Å². The summed E-state index contributed by atoms with van der Waals surface area (Å²) in [6.07, 6.45) is 8.65. The van der Waals surface area contributed by atoms with Crippen LogP contribution >= 0.6 is 0 Å². The Balaban J connectivity index is 1.64. The molecule has 1 aromatic rings. The van der Waals surface area contributed by atoms with Crippen molar-refractivity contribution in [3.8, 4) is 0 Å². The van der Waals surface area contributed by atoms with Gasteiger partial charge < -0.3 is 19.4 Å². The first-order valence-corrected chi connectivity index (χ1v) is 7.22. The van der Waals surface area contributed by atoms with E-state index in [2.05, 4.69) is 14.9 Å². The van der Waals surface area contributed by atoms with Gasteiger partial charge in [0.15, 0.2) is 0 Å². The van der Waals surface area contributed by atoms with E-state index in [1.807, 2.05) is 12.5 Å². The summed E-state index contributed by atoms with van der Waals surface area (Å²) < 4.78 is 12.7. The zero-order valence-electron chi connectivity index (χ0n) is 11.8. The van der Waals surface area contributed by atoms with E-state index < -0.39 is 0 Å². The zero-order valence-corrected chi connectivity index (χ0v) is 11.8. The molecular formula is C14H25N3O2. The Kier molecular flexibility index (Phi) is 6.33. The third kappa shape index (κ3) is 4.60. The van der Waals surface area contributed by atoms with Crippen LogP contribution in [0.25, 0.3) is 0 Å². The molecule has 1 atom stereocenters. The molecule has 1 aliphatic rings. The van der Waals surface area contributed by atoms with Gasteiger partial charge in [0.1, 0.15) is 0 Å². The predicted octanol–water partition coefficient (Wildman–Crippen LogP) is 1.75. The summed E-state index contributed by atoms with van der Waals surface area (Å²) in [5.74, 6) is 0. The Morgan fingerprint density at radius 1 is 1.37 bits per heavy atom. The van der Waals surface area contributed by atoms with Crippen LogP contribution in [0.2, 0.25) is 0 Å². The Morgan fingerprint density at radius 3 is 3.11 bits per heavy atom. The number of aromatic nitrogens is 2. The van der Waals surface area contributed by atoms with Crippen LogP contribution < -0.4 is 5.32 Å². The van der Waals surface area contributed by atoms with Gasteiger partial charge in [0, 0.05) is 32.5 Å². The quantitative estimate of drug-likeness (QED) is 0.693. The van der Waals surface area contributed by atoms with Crippen LogP contribution in [0.15, 0.2) is 12.5 Å². The molecule has 5 heteroatoms. The number of ether oxygens (including phenoxy) is 2. The molecule has 0 amide bonds. The van der Waals surface area contributed by atoms with Crippen LogP contribution in [0.4, 0.5) is 0 Å². The number of hydrogen-bond acceptors (Lipinski definition) is 4. The van der Waals surface area contributed by atoms with Gasteiger partial charge in [-0.25, -0.2) is 4.98 Å². The van der Waals surface area contributed by atoms with E-state index in [-0.39, 0.29) is 0 Å². The number of imidazole rings is 1. The molecule has 0 spiro atoms. The van der Waals surface area contributed by atoms with Gasteiger partial charge in [0.05, 0.1) is 25.2 Å². The van der Waals surface area contributed by atoms with Crippen molar-refractivity contribution < 1.29 is 9.47 Å². The summed E-state index contributed by atoms with van der Waals surface area (Å²) >= 11 is 0. The maximum absolute atomic E-state index is 5.46. The Morgan fingerprint density at radius 2 is 2.32 bits per heavy atom. The van der Waals surface area contributed by atoms with Crippen LogP contribution in [0.5, 0.6) is 0 Å². The molecular weight excluding hydrogens is 242 g/mol. The maximum atomic E-state index is 5.46. The van der Waals surface area contributed by atoms with Gasteiger partial charge in [0.2, 0.25) is 0 Å². The second-order valence-corrected chi connectivity index (χ2v) is 4.97. The lowest BCUT2D eigenvalue weighted by molar-refractivity contribution is 0.0684. The molecule has 2 heterocycles. The molecule has 5 nitrogen and oxygen atoms in total. The fourth-order valence-corrected chi connectivity index (χ4v) is 2.48. The van der Waals surface area contributed by atoms with Crippen molar-refractivity contribution in [1.29, 1.82) is 0 Å². The minimum atomic E-state index is 0.500. The molecule has 0 radical (unpaired) electrons. The fraction of sp³-hybridized carbons (Fsp3) is 0.786. The van der Waals surface area contributed by atoms with Crippen molar-refractivity contribution >= 4 is 0 Å². The van der Waals surface area contributed by atoms with E-state index >= 15 is 0 Å². The fourth-order valence-electron chi connectivity index (χ4n) is 2.48. The van der Waals surface area contributed by atoms with Gasteiger partial charge >= 0.3 is 0 Å². The van der Waals surface area contributed by atoms with Crippen LogP contribution in [0.1, 0.15) is 37.4 Å². The monoisotopic (exact) mass is 267 g/mol. The predicted molar refractivity (Wildman–Crippen MR) is 74.1 cm³/mol. The first-order chi connectivity index (χ1) is 9.42. The average molecular weight is 267 g/mol. The molecule has 1 aromatic heterocycles. The van der Waals surface area contributed by atoms with Crippen molar-refractivity contribution in [3.63, 3.8) is 0 Å². The van der Waals surface area contributed by atoms with Gasteiger partial charge in [-0.1, -0.05) is 0 Å². The highest BCUT2D eigenvalue weighted by molar-refractivity contribution is 5.07. The van der Waals surface area contributed by atoms with E-state index in [0.29, 0.717) is 19.3 Å². The topological polar surface area (TPSA) is 48.3 Å². The number of aryl methyl sites for hydroxylation is 1. The lowest BCUT2D eigenvalue weighted by atomic mass is 10.1. The summed E-state index contributed by atoms with van der Waals surface area (Å²) in [7, 11) is 1.70. The largest absolute Gasteiger partial charge is 0.382 e. The molecule has 1 saturated heterocycles. The van der Waals surface area contributed by atoms with Crippen LogP contribution in [0.3, 0.4) is 0 Å². The Hall–Kier alpha value is -0.910. The van der Waals surface area contributed by atoms with Crippen molar-refractivity contribution in [1.82, 2.24) is 14.9 Å². The summed E-state index contributed by atoms with van der Waals surface area (Å²) in [4.78, 5) is 4.28. The molecule has 2 rings (SSSR count). The van der Waals surface area contributed by atoms with Crippen LogP contribution in [-0.4, -0.2) is 43.0 Å². The normalized spacial score (nSPS) is 19.1. The van der Waals surface area contributed by atoms with Gasteiger partial charge in [-0.2, -0.15) is 0 Å². The third-order valence-electron chi connectivity index (χ3n) is 3.53. The molecule has 0 saturated carbocycles. The molecule has 1 aliphatic heterocycles. The molecule has 108 valence electrons. The molecule has 19 heavy (non-hydrogen) atoms. The van der Waals surface area contributed by atoms with Crippen molar-refractivity contribution in [2.45, 2.75) is 38.3 Å². The summed E-state index contributed by atoms with van der Waals surface area (Å²) in [5, 5.41) is 3.52. The lowest BCUT2D eigenvalue weighted by Gasteiger charge is -2.13. The molecule has 0 aliphatic carbocycles. The number of nitrogens with zero attached hydrogens (tertiary/aromatic N) is 2. The van der Waals surface area contributed by atoms with Crippen molar-refractivity contribution in [2.75, 3.05) is 33.5 Å². The first kappa shape index (κ1) is 14.5. The minimum Gasteiger partial charge on any atom is -0.382 e. The molecule has 0 unspecified atom stereocenters. The number of rotatable bonds is 9. The number of unbranched alkanes of at least 4 members (excludes halogenated alkanes) is 1. The van der Waals surface area contributed by atoms with Gasteiger partial charge in [-0.05, 0) is 32.2 Å². The summed E-state index contributed by atoms with van der Waals surface area (Å²) in [6, 6.07) is 0.500. The second kappa shape index (κ2) is 8.30. The second-order valence-electron chi connectivity index (χ2n) is 4.97. The zero-order chi connectivity index (χ0) is 13.3. The van der Waals surface area contributed by atoms with E-state index in [0.717, 1.165) is 32.5 Å². The summed E-state index contributed by atoms with van der Waals surface area (Å²) in [6.45, 7) is 4.34. The van der Waals surface area contributed by atoms with E-state index in [1.54, 1.807) is 7.11 Å². The highest BCUT2D eigenvalue weighted by Crippen LogP contribution is 2.22. The van der Waals surface area contributed by atoms with E-state index in [1.165, 1.54) is 18.5 Å². The maximum Gasteiger partial charge on any atom is 0.0948 e. The molecule has 1 fully saturated rings. The smallest absolute Gasteiger partial charge is 0.0948 e. The lowest BCUT2D eigenvalue weighted by Crippen LogP contribution is -2.17. The van der Waals surface area contributed by atoms with E-state index in [9.17, 15) is 0 Å². The number of nitrogens with one attached hydrogen (secondary N) is 1. The van der Waals surface area contributed by atoms with Gasteiger partial charge in [0.25, 0.3) is 0 Å². The van der Waals surface area contributed by atoms with Crippen molar-refractivity contribution in [2.24, 2.45) is 0 Å².